The van der Waals surface area contributed by atoms with Gasteiger partial charge in [0.15, 0.2) is 0 Å². The Labute approximate surface area is 302 Å². The summed E-state index contributed by atoms with van der Waals surface area (Å²) in [7, 11) is -2.80. The molecule has 1 aliphatic rings. The van der Waals surface area contributed by atoms with Gasteiger partial charge in [-0.15, -0.1) is 0 Å². The topological polar surface area (TPSA) is 96.0 Å². The first kappa shape index (κ1) is 36.4. The van der Waals surface area contributed by atoms with E-state index in [4.69, 9.17) is 16.3 Å². The number of nitrogens with zero attached hydrogens (tertiary/aromatic N) is 2. The van der Waals surface area contributed by atoms with Crippen LogP contribution >= 0.6 is 27.5 Å². The summed E-state index contributed by atoms with van der Waals surface area (Å²) in [6, 6.07) is 27.2. The van der Waals surface area contributed by atoms with Crippen molar-refractivity contribution >= 4 is 55.1 Å². The van der Waals surface area contributed by atoms with E-state index < -0.39 is 28.5 Å². The molecule has 1 fully saturated rings. The number of carbonyl (C=O) groups is 2. The van der Waals surface area contributed by atoms with Crippen LogP contribution in [-0.2, 0) is 32.6 Å². The van der Waals surface area contributed by atoms with E-state index in [0.29, 0.717) is 5.75 Å². The maximum absolute atomic E-state index is 14.8. The Bertz CT molecular complexity index is 1850. The number of hydrogen-bond acceptors (Lipinski definition) is 5. The van der Waals surface area contributed by atoms with Crippen LogP contribution in [0.5, 0.6) is 5.75 Å². The van der Waals surface area contributed by atoms with Gasteiger partial charge in [-0.1, -0.05) is 107 Å². The first-order chi connectivity index (χ1) is 23.5. The van der Waals surface area contributed by atoms with E-state index in [1.165, 1.54) is 30.2 Å². The summed E-state index contributed by atoms with van der Waals surface area (Å²) in [6.07, 6.45) is 5.21. The lowest BCUT2D eigenvalue weighted by atomic mass is 9.94. The highest BCUT2D eigenvalue weighted by atomic mass is 79.9. The molecule has 1 saturated carbocycles. The lowest BCUT2D eigenvalue weighted by Gasteiger charge is -2.35. The smallest absolute Gasteiger partial charge is 0.264 e. The van der Waals surface area contributed by atoms with Gasteiger partial charge in [-0.05, 0) is 73.4 Å². The number of halogens is 2. The number of sulfonamides is 1. The minimum absolute atomic E-state index is 0.0159. The molecule has 5 rings (SSSR count). The first-order valence-corrected chi connectivity index (χ1v) is 19.0. The standard InChI is InChI=1S/C38H41BrClN3O5S/c1-27-16-19-33(20-17-27)49(46,47)43(32-18-21-36(48-2)34(40)24-32)26-37(44)42(25-29-12-9-13-30(39)22-29)35(23-28-10-5-3-6-11-28)38(45)41-31-14-7-4-8-15-31/h3,5-6,9-13,16-22,24,31,35H,4,7-8,14-15,23,25-26H2,1-2H3,(H,41,45)/t35-/m0/s1. The number of methoxy groups -OCH3 is 1. The van der Waals surface area contributed by atoms with Gasteiger partial charge in [0.25, 0.3) is 10.0 Å². The van der Waals surface area contributed by atoms with E-state index in [1.54, 1.807) is 24.3 Å². The van der Waals surface area contributed by atoms with Crippen molar-refractivity contribution in [2.75, 3.05) is 18.0 Å². The van der Waals surface area contributed by atoms with Crippen LogP contribution in [-0.4, -0.2) is 50.9 Å². The molecular formula is C38H41BrClN3O5S. The Morgan fingerprint density at radius 3 is 2.27 bits per heavy atom. The summed E-state index contributed by atoms with van der Waals surface area (Å²) in [5, 5.41) is 3.42. The van der Waals surface area contributed by atoms with Crippen molar-refractivity contribution < 1.29 is 22.7 Å². The van der Waals surface area contributed by atoms with Crippen molar-refractivity contribution in [1.82, 2.24) is 10.2 Å². The molecule has 4 aromatic rings. The van der Waals surface area contributed by atoms with Gasteiger partial charge in [0.1, 0.15) is 18.3 Å². The highest BCUT2D eigenvalue weighted by molar-refractivity contribution is 9.10. The zero-order valence-corrected chi connectivity index (χ0v) is 30.8. The second-order valence-electron chi connectivity index (χ2n) is 12.3. The largest absolute Gasteiger partial charge is 0.495 e. The second kappa shape index (κ2) is 16.7. The molecule has 4 aromatic carbocycles. The van der Waals surface area contributed by atoms with E-state index in [9.17, 15) is 18.0 Å². The monoisotopic (exact) mass is 765 g/mol. The van der Waals surface area contributed by atoms with E-state index in [-0.39, 0.29) is 40.5 Å². The lowest BCUT2D eigenvalue weighted by Crippen LogP contribution is -2.55. The zero-order valence-electron chi connectivity index (χ0n) is 27.6. The Kier molecular flexibility index (Phi) is 12.4. The summed E-state index contributed by atoms with van der Waals surface area (Å²) < 4.78 is 35.8. The van der Waals surface area contributed by atoms with Crippen LogP contribution in [0, 0.1) is 6.92 Å². The molecule has 0 aliphatic heterocycles. The lowest BCUT2D eigenvalue weighted by molar-refractivity contribution is -0.140. The number of benzene rings is 4. The van der Waals surface area contributed by atoms with Crippen molar-refractivity contribution in [2.24, 2.45) is 0 Å². The molecule has 258 valence electrons. The number of rotatable bonds is 13. The van der Waals surface area contributed by atoms with Gasteiger partial charge in [-0.2, -0.15) is 0 Å². The van der Waals surface area contributed by atoms with Crippen molar-refractivity contribution in [1.29, 1.82) is 0 Å². The number of ether oxygens (including phenoxy) is 1. The van der Waals surface area contributed by atoms with Crippen LogP contribution in [0.4, 0.5) is 5.69 Å². The summed E-state index contributed by atoms with van der Waals surface area (Å²) >= 11 is 10.0. The molecule has 0 bridgehead atoms. The Balaban J connectivity index is 1.58. The summed E-state index contributed by atoms with van der Waals surface area (Å²) in [4.78, 5) is 30.5. The summed E-state index contributed by atoms with van der Waals surface area (Å²) in [5.74, 6) is -0.440. The predicted molar refractivity (Wildman–Crippen MR) is 197 cm³/mol. The molecule has 1 atom stereocenters. The van der Waals surface area contributed by atoms with Gasteiger partial charge in [0, 0.05) is 23.5 Å². The molecule has 0 unspecified atom stereocenters. The van der Waals surface area contributed by atoms with Crippen LogP contribution < -0.4 is 14.4 Å². The molecule has 0 radical (unpaired) electrons. The molecule has 8 nitrogen and oxygen atoms in total. The molecule has 0 heterocycles. The molecule has 1 N–H and O–H groups in total. The number of anilines is 1. The number of aryl methyl sites for hydroxylation is 1. The molecule has 11 heteroatoms. The van der Waals surface area contributed by atoms with Gasteiger partial charge in [-0.25, -0.2) is 8.42 Å². The molecule has 0 aromatic heterocycles. The van der Waals surface area contributed by atoms with Crippen molar-refractivity contribution in [3.63, 3.8) is 0 Å². The van der Waals surface area contributed by atoms with Crippen LogP contribution in [0.3, 0.4) is 0 Å². The third kappa shape index (κ3) is 9.44. The normalized spacial score (nSPS) is 14.1. The highest BCUT2D eigenvalue weighted by Gasteiger charge is 2.35. The fraction of sp³-hybridized carbons (Fsp3) is 0.316. The van der Waals surface area contributed by atoms with Crippen LogP contribution in [0.15, 0.2) is 106 Å². The van der Waals surface area contributed by atoms with E-state index >= 15 is 0 Å². The SMILES string of the molecule is COc1ccc(N(CC(=O)N(Cc2cccc(Br)c2)[C@@H](Cc2ccccc2)C(=O)NC2CCCCC2)S(=O)(=O)c2ccc(C)cc2)cc1Cl. The van der Waals surface area contributed by atoms with Gasteiger partial charge in [0.05, 0.1) is 22.7 Å². The average Bonchev–Trinajstić information content (AvgIpc) is 3.09. The quantitative estimate of drug-likeness (QED) is 0.151. The Hall–Kier alpha value is -3.86. The number of nitrogens with one attached hydrogen (secondary N) is 1. The molecule has 0 spiro atoms. The van der Waals surface area contributed by atoms with Crippen molar-refractivity contribution in [3.05, 3.63) is 123 Å². The van der Waals surface area contributed by atoms with Crippen molar-refractivity contribution in [2.45, 2.75) is 69.0 Å². The number of carbonyl (C=O) groups excluding carboxylic acids is 2. The summed E-state index contributed by atoms with van der Waals surface area (Å²) in [5.41, 5.74) is 2.74. The maximum Gasteiger partial charge on any atom is 0.264 e. The number of amides is 2. The second-order valence-corrected chi connectivity index (χ2v) is 15.5. The van der Waals surface area contributed by atoms with Crippen LogP contribution in [0.25, 0.3) is 0 Å². The Morgan fingerprint density at radius 2 is 1.61 bits per heavy atom. The zero-order chi connectivity index (χ0) is 35.0. The van der Waals surface area contributed by atoms with Gasteiger partial charge in [0.2, 0.25) is 11.8 Å². The predicted octanol–water partition coefficient (Wildman–Crippen LogP) is 7.70. The third-order valence-corrected chi connectivity index (χ3v) is 11.4. The Morgan fingerprint density at radius 1 is 0.918 bits per heavy atom. The fourth-order valence-electron chi connectivity index (χ4n) is 6.11. The minimum atomic E-state index is -4.26. The highest BCUT2D eigenvalue weighted by Crippen LogP contribution is 2.32. The summed E-state index contributed by atoms with van der Waals surface area (Å²) in [6.45, 7) is 1.37. The van der Waals surface area contributed by atoms with Gasteiger partial charge >= 0.3 is 0 Å². The molecule has 0 saturated heterocycles. The minimum Gasteiger partial charge on any atom is -0.495 e. The molecule has 49 heavy (non-hydrogen) atoms. The first-order valence-electron chi connectivity index (χ1n) is 16.4. The number of hydrogen-bond donors (Lipinski definition) is 1. The third-order valence-electron chi connectivity index (χ3n) is 8.78. The molecule has 1 aliphatic carbocycles. The fourth-order valence-corrected chi connectivity index (χ4v) is 8.21. The van der Waals surface area contributed by atoms with Crippen LogP contribution in [0.2, 0.25) is 5.02 Å². The maximum atomic E-state index is 14.8. The average molecular weight is 767 g/mol. The molecule has 2 amide bonds. The van der Waals surface area contributed by atoms with Gasteiger partial charge in [-0.3, -0.25) is 13.9 Å². The van der Waals surface area contributed by atoms with Crippen molar-refractivity contribution in [3.8, 4) is 5.75 Å². The molecular weight excluding hydrogens is 726 g/mol. The van der Waals surface area contributed by atoms with E-state index in [1.807, 2.05) is 61.5 Å². The van der Waals surface area contributed by atoms with E-state index in [0.717, 1.165) is 57.6 Å². The van der Waals surface area contributed by atoms with E-state index in [2.05, 4.69) is 21.2 Å². The van der Waals surface area contributed by atoms with Gasteiger partial charge < -0.3 is 15.0 Å². The van der Waals surface area contributed by atoms with Crippen LogP contribution in [0.1, 0.15) is 48.8 Å².